The number of nitrogens with one attached hydrogen (secondary N) is 1. The number of carbonyl (C=O) groups is 1. The molecule has 6 heteroatoms. The number of nitrogens with zero attached hydrogens (tertiary/aromatic N) is 1. The Morgan fingerprint density at radius 3 is 2.71 bits per heavy atom. The summed E-state index contributed by atoms with van der Waals surface area (Å²) in [6.07, 6.45) is 2.60. The quantitative estimate of drug-likeness (QED) is 0.899. The van der Waals surface area contributed by atoms with Gasteiger partial charge in [0.25, 0.3) is 0 Å². The number of carbonyl (C=O) groups excluding carboxylic acids is 1. The molecule has 3 rings (SSSR count). The Hall–Kier alpha value is -1.92. The van der Waals surface area contributed by atoms with Crippen LogP contribution in [0.25, 0.3) is 10.8 Å². The molecule has 1 heterocycles. The van der Waals surface area contributed by atoms with Crippen LogP contribution < -0.4 is 4.72 Å². The van der Waals surface area contributed by atoms with Crippen LogP contribution in [0.15, 0.2) is 42.5 Å². The number of benzene rings is 2. The van der Waals surface area contributed by atoms with E-state index in [-0.39, 0.29) is 11.9 Å². The molecule has 1 fully saturated rings. The van der Waals surface area contributed by atoms with E-state index in [4.69, 9.17) is 0 Å². The number of fused-ring (bicyclic) bond motifs is 1. The van der Waals surface area contributed by atoms with Crippen LogP contribution in [0.3, 0.4) is 0 Å². The van der Waals surface area contributed by atoms with Crippen LogP contribution in [0.2, 0.25) is 0 Å². The van der Waals surface area contributed by atoms with Crippen LogP contribution in [0.5, 0.6) is 0 Å². The maximum absolute atomic E-state index is 12.3. The first-order chi connectivity index (χ1) is 11.5. The number of hydrogen-bond donors (Lipinski definition) is 1. The summed E-state index contributed by atoms with van der Waals surface area (Å²) in [5, 5.41) is 2.38. The molecule has 1 atom stereocenters. The average molecular weight is 346 g/mol. The van der Waals surface area contributed by atoms with E-state index >= 15 is 0 Å². The van der Waals surface area contributed by atoms with E-state index < -0.39 is 15.8 Å². The highest BCUT2D eigenvalue weighted by atomic mass is 32.2. The Kier molecular flexibility index (Phi) is 4.87. The largest absolute Gasteiger partial charge is 0.338 e. The molecule has 0 radical (unpaired) electrons. The smallest absolute Gasteiger partial charge is 0.239 e. The molecule has 2 aromatic carbocycles. The molecule has 1 aliphatic heterocycles. The highest BCUT2D eigenvalue weighted by Crippen LogP contribution is 2.23. The fourth-order valence-corrected chi connectivity index (χ4v) is 3.97. The van der Waals surface area contributed by atoms with Crippen LogP contribution in [0.4, 0.5) is 0 Å². The summed E-state index contributed by atoms with van der Waals surface area (Å²) in [4.78, 5) is 14.1. The third-order valence-electron chi connectivity index (χ3n) is 4.61. The van der Waals surface area contributed by atoms with Gasteiger partial charge in [-0.15, -0.1) is 0 Å². The standard InChI is InChI=1S/C18H22N2O3S/c1-19-24(22,23)13-18(21)20-10-4-7-17(20)12-14-8-9-15-5-2-3-6-16(15)11-14/h2-3,5-6,8-9,11,17,19H,4,7,10,12-13H2,1H3/t17-/m1/s1. The van der Waals surface area contributed by atoms with E-state index in [2.05, 4.69) is 35.1 Å². The lowest BCUT2D eigenvalue weighted by molar-refractivity contribution is -0.129. The van der Waals surface area contributed by atoms with Gasteiger partial charge < -0.3 is 4.90 Å². The van der Waals surface area contributed by atoms with Crippen molar-refractivity contribution in [2.24, 2.45) is 0 Å². The maximum atomic E-state index is 12.3. The molecule has 5 nitrogen and oxygen atoms in total. The van der Waals surface area contributed by atoms with Gasteiger partial charge in [0, 0.05) is 12.6 Å². The first kappa shape index (κ1) is 16.9. The molecule has 0 spiro atoms. The highest BCUT2D eigenvalue weighted by molar-refractivity contribution is 7.90. The topological polar surface area (TPSA) is 66.5 Å². The number of sulfonamides is 1. The van der Waals surface area contributed by atoms with Gasteiger partial charge in [0.2, 0.25) is 15.9 Å². The van der Waals surface area contributed by atoms with Crippen LogP contribution >= 0.6 is 0 Å². The minimum absolute atomic E-state index is 0.0747. The molecule has 0 aliphatic carbocycles. The van der Waals surface area contributed by atoms with E-state index in [0.717, 1.165) is 19.3 Å². The second-order valence-electron chi connectivity index (χ2n) is 6.23. The van der Waals surface area contributed by atoms with Gasteiger partial charge in [0.15, 0.2) is 0 Å². The Morgan fingerprint density at radius 1 is 1.21 bits per heavy atom. The van der Waals surface area contributed by atoms with Crippen molar-refractivity contribution in [1.82, 2.24) is 9.62 Å². The Balaban J connectivity index is 1.74. The molecular weight excluding hydrogens is 324 g/mol. The second-order valence-corrected chi connectivity index (χ2v) is 8.16. The van der Waals surface area contributed by atoms with Gasteiger partial charge in [-0.25, -0.2) is 13.1 Å². The van der Waals surface area contributed by atoms with Crippen LogP contribution in [-0.2, 0) is 21.2 Å². The lowest BCUT2D eigenvalue weighted by Gasteiger charge is -2.25. The van der Waals surface area contributed by atoms with Crippen LogP contribution in [0, 0.1) is 0 Å². The molecule has 0 bridgehead atoms. The normalized spacial score (nSPS) is 18.2. The van der Waals surface area contributed by atoms with Crippen molar-refractivity contribution < 1.29 is 13.2 Å². The van der Waals surface area contributed by atoms with Crippen LogP contribution in [0.1, 0.15) is 18.4 Å². The minimum atomic E-state index is -3.52. The highest BCUT2D eigenvalue weighted by Gasteiger charge is 2.30. The summed E-state index contributed by atoms with van der Waals surface area (Å²) in [5.74, 6) is -0.787. The molecule has 0 unspecified atom stereocenters. The lowest BCUT2D eigenvalue weighted by Crippen LogP contribution is -2.42. The summed E-state index contributed by atoms with van der Waals surface area (Å²) in [6, 6.07) is 14.6. The van der Waals surface area contributed by atoms with Crippen molar-refractivity contribution in [3.8, 4) is 0 Å². The fourth-order valence-electron chi connectivity index (χ4n) is 3.33. The zero-order chi connectivity index (χ0) is 17.2. The molecule has 1 saturated heterocycles. The molecule has 24 heavy (non-hydrogen) atoms. The van der Waals surface area contributed by atoms with Gasteiger partial charge in [0.05, 0.1) is 0 Å². The average Bonchev–Trinajstić information content (AvgIpc) is 3.02. The number of likely N-dealkylation sites (tertiary alicyclic amines) is 1. The predicted octanol–water partition coefficient (Wildman–Crippen LogP) is 1.92. The SMILES string of the molecule is CNS(=O)(=O)CC(=O)N1CCC[C@@H]1Cc1ccc2ccccc2c1. The van der Waals surface area contributed by atoms with Gasteiger partial charge in [-0.05, 0) is 42.6 Å². The molecule has 0 saturated carbocycles. The number of amides is 1. The van der Waals surface area contributed by atoms with E-state index in [1.807, 2.05) is 12.1 Å². The summed E-state index contributed by atoms with van der Waals surface area (Å²) >= 11 is 0. The monoisotopic (exact) mass is 346 g/mol. The van der Waals surface area contributed by atoms with Gasteiger partial charge in [-0.2, -0.15) is 0 Å². The number of rotatable bonds is 5. The lowest BCUT2D eigenvalue weighted by atomic mass is 10.0. The third-order valence-corrected chi connectivity index (χ3v) is 5.86. The Bertz CT molecular complexity index is 848. The molecular formula is C18H22N2O3S. The summed E-state index contributed by atoms with van der Waals surface area (Å²) in [6.45, 7) is 0.635. The van der Waals surface area contributed by atoms with E-state index in [1.165, 1.54) is 23.4 Å². The van der Waals surface area contributed by atoms with Crippen molar-refractivity contribution >= 4 is 26.7 Å². The van der Waals surface area contributed by atoms with Crippen molar-refractivity contribution in [2.75, 3.05) is 19.3 Å². The molecule has 0 aromatic heterocycles. The third kappa shape index (κ3) is 3.76. The molecule has 2 aromatic rings. The van der Waals surface area contributed by atoms with Gasteiger partial charge in [-0.3, -0.25) is 4.79 Å². The van der Waals surface area contributed by atoms with Crippen molar-refractivity contribution in [2.45, 2.75) is 25.3 Å². The second kappa shape index (κ2) is 6.91. The van der Waals surface area contributed by atoms with E-state index in [9.17, 15) is 13.2 Å². The zero-order valence-corrected chi connectivity index (χ0v) is 14.6. The van der Waals surface area contributed by atoms with Crippen molar-refractivity contribution in [1.29, 1.82) is 0 Å². The first-order valence-electron chi connectivity index (χ1n) is 8.17. The van der Waals surface area contributed by atoms with E-state index in [1.54, 1.807) is 4.90 Å². The Labute approximate surface area is 142 Å². The molecule has 128 valence electrons. The maximum Gasteiger partial charge on any atom is 0.239 e. The number of hydrogen-bond acceptors (Lipinski definition) is 3. The molecule has 1 aliphatic rings. The van der Waals surface area contributed by atoms with Gasteiger partial charge in [0.1, 0.15) is 5.75 Å². The summed E-state index contributed by atoms with van der Waals surface area (Å²) < 4.78 is 25.4. The van der Waals surface area contributed by atoms with Crippen LogP contribution in [-0.4, -0.2) is 44.6 Å². The van der Waals surface area contributed by atoms with Crippen molar-refractivity contribution in [3.05, 3.63) is 48.0 Å². The molecule has 1 N–H and O–H groups in total. The predicted molar refractivity (Wildman–Crippen MR) is 95.2 cm³/mol. The minimum Gasteiger partial charge on any atom is -0.338 e. The summed E-state index contributed by atoms with van der Waals surface area (Å²) in [5.41, 5.74) is 1.18. The van der Waals surface area contributed by atoms with Gasteiger partial charge in [-0.1, -0.05) is 42.5 Å². The first-order valence-corrected chi connectivity index (χ1v) is 9.82. The zero-order valence-electron chi connectivity index (χ0n) is 13.7. The van der Waals surface area contributed by atoms with Gasteiger partial charge >= 0.3 is 0 Å². The Morgan fingerprint density at radius 2 is 1.96 bits per heavy atom. The van der Waals surface area contributed by atoms with Crippen molar-refractivity contribution in [3.63, 3.8) is 0 Å². The fraction of sp³-hybridized carbons (Fsp3) is 0.389. The van der Waals surface area contributed by atoms with E-state index in [0.29, 0.717) is 6.54 Å². The summed E-state index contributed by atoms with van der Waals surface area (Å²) in [7, 11) is -2.19. The molecule has 1 amide bonds.